The van der Waals surface area contributed by atoms with E-state index < -0.39 is 0 Å². The van der Waals surface area contributed by atoms with E-state index in [1.165, 1.54) is 18.4 Å². The fourth-order valence-corrected chi connectivity index (χ4v) is 3.73. The summed E-state index contributed by atoms with van der Waals surface area (Å²) in [6, 6.07) is 3.69. The van der Waals surface area contributed by atoms with Crippen LogP contribution in [0.4, 0.5) is 0 Å². The van der Waals surface area contributed by atoms with Crippen molar-refractivity contribution in [3.63, 3.8) is 0 Å². The van der Waals surface area contributed by atoms with Crippen molar-refractivity contribution in [3.05, 3.63) is 52.9 Å². The summed E-state index contributed by atoms with van der Waals surface area (Å²) in [5.41, 5.74) is 3.93. The first kappa shape index (κ1) is 17.4. The monoisotopic (exact) mass is 369 g/mol. The molecule has 0 aromatic carbocycles. The number of furan rings is 1. The lowest BCUT2D eigenvalue weighted by Crippen LogP contribution is -2.30. The first-order chi connectivity index (χ1) is 13.1. The summed E-state index contributed by atoms with van der Waals surface area (Å²) in [5.74, 6) is 0.880. The molecule has 0 unspecified atom stereocenters. The fraction of sp³-hybridized carbons (Fsp3) is 0.421. The molecule has 4 rings (SSSR count). The van der Waals surface area contributed by atoms with Gasteiger partial charge in [0.05, 0.1) is 32.2 Å². The number of carbonyl (C=O) groups excluding carboxylic acids is 1. The molecule has 0 spiro atoms. The number of carbonyl (C=O) groups is 1. The van der Waals surface area contributed by atoms with Gasteiger partial charge in [0.1, 0.15) is 11.3 Å². The summed E-state index contributed by atoms with van der Waals surface area (Å²) in [7, 11) is 5.25. The summed E-state index contributed by atoms with van der Waals surface area (Å²) in [6.45, 7) is 0.774. The highest BCUT2D eigenvalue weighted by molar-refractivity contribution is 5.96. The second-order valence-electron chi connectivity index (χ2n) is 6.82. The standard InChI is InChI=1S/C19H23N5O3/c1-22-11-15(18(21-22)26-3)19(25)24(10-13-6-5-9-27-13)12-16-14-7-4-8-17(14)23(2)20-16/h5-6,9,11H,4,7-8,10,12H2,1-3H3. The smallest absolute Gasteiger partial charge is 0.261 e. The number of ether oxygens (including phenoxy) is 1. The second kappa shape index (κ2) is 6.94. The Kier molecular flexibility index (Phi) is 4.47. The predicted octanol–water partition coefficient (Wildman–Crippen LogP) is 2.09. The molecular formula is C19H23N5O3. The van der Waals surface area contributed by atoms with Crippen LogP contribution in [-0.4, -0.2) is 37.5 Å². The molecule has 1 aliphatic carbocycles. The van der Waals surface area contributed by atoms with E-state index in [0.717, 1.165) is 30.7 Å². The Morgan fingerprint density at radius 1 is 1.30 bits per heavy atom. The number of methoxy groups -OCH3 is 1. The van der Waals surface area contributed by atoms with Crippen LogP contribution >= 0.6 is 0 Å². The summed E-state index contributed by atoms with van der Waals surface area (Å²) >= 11 is 0. The van der Waals surface area contributed by atoms with Gasteiger partial charge in [0, 0.05) is 26.0 Å². The number of hydrogen-bond acceptors (Lipinski definition) is 5. The van der Waals surface area contributed by atoms with Crippen LogP contribution in [0.5, 0.6) is 5.88 Å². The highest BCUT2D eigenvalue weighted by Crippen LogP contribution is 2.27. The normalized spacial score (nSPS) is 13.0. The third kappa shape index (κ3) is 3.22. The number of amides is 1. The van der Waals surface area contributed by atoms with Crippen LogP contribution in [0.2, 0.25) is 0 Å². The van der Waals surface area contributed by atoms with Gasteiger partial charge in [-0.3, -0.25) is 14.2 Å². The minimum absolute atomic E-state index is 0.159. The molecule has 0 atom stereocenters. The number of aryl methyl sites for hydroxylation is 2. The van der Waals surface area contributed by atoms with Crippen LogP contribution in [0.3, 0.4) is 0 Å². The average molecular weight is 369 g/mol. The molecule has 8 heteroatoms. The molecule has 0 saturated heterocycles. The first-order valence-corrected chi connectivity index (χ1v) is 8.99. The Labute approximate surface area is 157 Å². The molecule has 0 aliphatic heterocycles. The third-order valence-electron chi connectivity index (χ3n) is 4.97. The van der Waals surface area contributed by atoms with Crippen molar-refractivity contribution in [2.45, 2.75) is 32.4 Å². The Bertz CT molecular complexity index is 955. The number of nitrogens with zero attached hydrogens (tertiary/aromatic N) is 5. The summed E-state index contributed by atoms with van der Waals surface area (Å²) in [6.07, 6.45) is 6.48. The number of hydrogen-bond donors (Lipinski definition) is 0. The lowest BCUT2D eigenvalue weighted by atomic mass is 10.1. The molecule has 27 heavy (non-hydrogen) atoms. The van der Waals surface area contributed by atoms with Gasteiger partial charge in [-0.1, -0.05) is 0 Å². The van der Waals surface area contributed by atoms with E-state index >= 15 is 0 Å². The van der Waals surface area contributed by atoms with Gasteiger partial charge in [-0.25, -0.2) is 0 Å². The quantitative estimate of drug-likeness (QED) is 0.665. The lowest BCUT2D eigenvalue weighted by molar-refractivity contribution is 0.0711. The van der Waals surface area contributed by atoms with E-state index in [1.807, 2.05) is 23.9 Å². The predicted molar refractivity (Wildman–Crippen MR) is 97.3 cm³/mol. The number of fused-ring (bicyclic) bond motifs is 1. The molecule has 1 aliphatic rings. The molecule has 3 heterocycles. The van der Waals surface area contributed by atoms with E-state index in [4.69, 9.17) is 9.15 Å². The van der Waals surface area contributed by atoms with Crippen molar-refractivity contribution in [3.8, 4) is 5.88 Å². The highest BCUT2D eigenvalue weighted by Gasteiger charge is 2.27. The Morgan fingerprint density at radius 3 is 2.89 bits per heavy atom. The molecule has 1 amide bonds. The topological polar surface area (TPSA) is 78.3 Å². The highest BCUT2D eigenvalue weighted by atomic mass is 16.5. The van der Waals surface area contributed by atoms with E-state index in [1.54, 1.807) is 29.1 Å². The van der Waals surface area contributed by atoms with Gasteiger partial charge in [-0.2, -0.15) is 5.10 Å². The van der Waals surface area contributed by atoms with Gasteiger partial charge in [-0.05, 0) is 37.0 Å². The van der Waals surface area contributed by atoms with Crippen LogP contribution in [0, 0.1) is 0 Å². The maximum absolute atomic E-state index is 13.3. The summed E-state index contributed by atoms with van der Waals surface area (Å²) < 4.78 is 14.3. The fourth-order valence-electron chi connectivity index (χ4n) is 3.73. The largest absolute Gasteiger partial charge is 0.479 e. The van der Waals surface area contributed by atoms with Crippen molar-refractivity contribution in [2.75, 3.05) is 7.11 Å². The third-order valence-corrected chi connectivity index (χ3v) is 4.97. The van der Waals surface area contributed by atoms with Crippen molar-refractivity contribution in [2.24, 2.45) is 14.1 Å². The number of rotatable bonds is 6. The second-order valence-corrected chi connectivity index (χ2v) is 6.82. The minimum Gasteiger partial charge on any atom is -0.479 e. The Balaban J connectivity index is 1.67. The molecule has 0 fully saturated rings. The molecule has 0 N–H and O–H groups in total. The van der Waals surface area contributed by atoms with Crippen molar-refractivity contribution >= 4 is 5.91 Å². The van der Waals surface area contributed by atoms with Crippen LogP contribution in [0.15, 0.2) is 29.0 Å². The Morgan fingerprint density at radius 2 is 2.15 bits per heavy atom. The van der Waals surface area contributed by atoms with Gasteiger partial charge >= 0.3 is 0 Å². The van der Waals surface area contributed by atoms with E-state index in [0.29, 0.717) is 24.5 Å². The van der Waals surface area contributed by atoms with Crippen molar-refractivity contribution < 1.29 is 13.9 Å². The maximum atomic E-state index is 13.3. The van der Waals surface area contributed by atoms with Gasteiger partial charge in [-0.15, -0.1) is 5.10 Å². The van der Waals surface area contributed by atoms with Crippen LogP contribution in [-0.2, 0) is 40.0 Å². The van der Waals surface area contributed by atoms with Crippen molar-refractivity contribution in [1.82, 2.24) is 24.5 Å². The van der Waals surface area contributed by atoms with E-state index in [-0.39, 0.29) is 5.91 Å². The molecule has 3 aromatic heterocycles. The summed E-state index contributed by atoms with van der Waals surface area (Å²) in [5, 5.41) is 8.87. The molecule has 8 nitrogen and oxygen atoms in total. The molecule has 142 valence electrons. The lowest BCUT2D eigenvalue weighted by Gasteiger charge is -2.21. The number of aromatic nitrogens is 4. The molecule has 0 radical (unpaired) electrons. The molecule has 3 aromatic rings. The first-order valence-electron chi connectivity index (χ1n) is 8.99. The molecule has 0 bridgehead atoms. The average Bonchev–Trinajstić information content (AvgIpc) is 3.41. The van der Waals surface area contributed by atoms with Gasteiger partial charge in [0.2, 0.25) is 5.88 Å². The van der Waals surface area contributed by atoms with Gasteiger partial charge in [0.25, 0.3) is 5.91 Å². The zero-order chi connectivity index (χ0) is 19.0. The van der Waals surface area contributed by atoms with Crippen molar-refractivity contribution in [1.29, 1.82) is 0 Å². The van der Waals surface area contributed by atoms with E-state index in [9.17, 15) is 4.79 Å². The Hall–Kier alpha value is -3.03. The molecule has 0 saturated carbocycles. The minimum atomic E-state index is -0.159. The summed E-state index contributed by atoms with van der Waals surface area (Å²) in [4.78, 5) is 15.0. The van der Waals surface area contributed by atoms with Crippen LogP contribution in [0.1, 0.15) is 39.5 Å². The zero-order valence-electron chi connectivity index (χ0n) is 15.8. The van der Waals surface area contributed by atoms with Crippen LogP contribution < -0.4 is 4.74 Å². The van der Waals surface area contributed by atoms with Gasteiger partial charge < -0.3 is 14.1 Å². The zero-order valence-corrected chi connectivity index (χ0v) is 15.8. The maximum Gasteiger partial charge on any atom is 0.261 e. The van der Waals surface area contributed by atoms with Crippen LogP contribution in [0.25, 0.3) is 0 Å². The SMILES string of the molecule is COc1nn(C)cc1C(=O)N(Cc1ccco1)Cc1nn(C)c2c1CCC2. The van der Waals surface area contributed by atoms with E-state index in [2.05, 4.69) is 10.2 Å². The molecular weight excluding hydrogens is 346 g/mol. The van der Waals surface area contributed by atoms with Gasteiger partial charge in [0.15, 0.2) is 0 Å².